The number of aliphatic carboxylic acids is 1. The molecule has 1 aliphatic heterocycles. The van der Waals surface area contributed by atoms with Crippen LogP contribution in [0.4, 0.5) is 0 Å². The minimum Gasteiger partial charge on any atom is -0.481 e. The Hall–Kier alpha value is -3.17. The standard InChI is InChI=1S/C24H23ClN2O6S/c1-13(2)22-17(9-15-10-19-20(11-18(15)25)33-12-32-19)23(24(30)31)27(26-22)34-16-6-3-14(4-7-16)5-8-21(28)29/h3-4,6-7,10-11,13H,5,8-9,12H2,1-2H3,(H,28,29)(H,30,31). The van der Waals surface area contributed by atoms with Crippen LogP contribution >= 0.6 is 23.5 Å². The number of rotatable bonds is 9. The first kappa shape index (κ1) is 24.0. The fraction of sp³-hybridized carbons (Fsp3) is 0.292. The highest BCUT2D eigenvalue weighted by atomic mass is 35.5. The summed E-state index contributed by atoms with van der Waals surface area (Å²) in [4.78, 5) is 23.9. The maximum atomic E-state index is 12.3. The van der Waals surface area contributed by atoms with Crippen LogP contribution in [0.25, 0.3) is 0 Å². The molecule has 0 saturated carbocycles. The number of fused-ring (bicyclic) bond motifs is 1. The van der Waals surface area contributed by atoms with E-state index < -0.39 is 11.9 Å². The van der Waals surface area contributed by atoms with Gasteiger partial charge in [-0.15, -0.1) is 0 Å². The van der Waals surface area contributed by atoms with Gasteiger partial charge >= 0.3 is 11.9 Å². The predicted molar refractivity (Wildman–Crippen MR) is 127 cm³/mol. The highest BCUT2D eigenvalue weighted by Crippen LogP contribution is 2.39. The maximum absolute atomic E-state index is 12.3. The van der Waals surface area contributed by atoms with Gasteiger partial charge in [-0.1, -0.05) is 37.6 Å². The predicted octanol–water partition coefficient (Wildman–Crippen LogP) is 5.25. The molecule has 4 rings (SSSR count). The Balaban J connectivity index is 1.66. The molecule has 0 atom stereocenters. The number of nitrogens with zero attached hydrogens (tertiary/aromatic N) is 2. The lowest BCUT2D eigenvalue weighted by molar-refractivity contribution is -0.136. The largest absolute Gasteiger partial charge is 0.481 e. The lowest BCUT2D eigenvalue weighted by Crippen LogP contribution is -2.08. The molecule has 0 unspecified atom stereocenters. The molecular weight excluding hydrogens is 480 g/mol. The topological polar surface area (TPSA) is 111 Å². The van der Waals surface area contributed by atoms with Crippen molar-refractivity contribution < 1.29 is 29.3 Å². The van der Waals surface area contributed by atoms with Crippen LogP contribution in [0.15, 0.2) is 41.3 Å². The lowest BCUT2D eigenvalue weighted by Gasteiger charge is -2.10. The minimum absolute atomic E-state index is 0.0128. The van der Waals surface area contributed by atoms with E-state index in [1.807, 2.05) is 38.1 Å². The number of aromatic nitrogens is 2. The van der Waals surface area contributed by atoms with Gasteiger partial charge in [0, 0.05) is 46.3 Å². The molecule has 0 aliphatic carbocycles. The molecule has 3 aromatic rings. The minimum atomic E-state index is -1.09. The molecule has 0 fully saturated rings. The molecule has 0 spiro atoms. The Morgan fingerprint density at radius 2 is 1.82 bits per heavy atom. The Morgan fingerprint density at radius 1 is 1.15 bits per heavy atom. The van der Waals surface area contributed by atoms with Crippen LogP contribution in [0.3, 0.4) is 0 Å². The number of hydrogen-bond acceptors (Lipinski definition) is 6. The van der Waals surface area contributed by atoms with E-state index in [4.69, 9.17) is 26.2 Å². The van der Waals surface area contributed by atoms with Crippen molar-refractivity contribution in [1.29, 1.82) is 0 Å². The van der Waals surface area contributed by atoms with Crippen LogP contribution in [-0.4, -0.2) is 38.1 Å². The number of aromatic carboxylic acids is 1. The van der Waals surface area contributed by atoms with E-state index in [0.29, 0.717) is 34.2 Å². The molecule has 8 nitrogen and oxygen atoms in total. The SMILES string of the molecule is CC(C)c1nn(Sc2ccc(CCC(=O)O)cc2)c(C(=O)O)c1Cc1cc2c(cc1Cl)OCO2. The summed E-state index contributed by atoms with van der Waals surface area (Å²) in [7, 11) is 0. The van der Waals surface area contributed by atoms with Crippen molar-refractivity contribution in [2.45, 2.75) is 43.9 Å². The molecule has 2 heterocycles. The quantitative estimate of drug-likeness (QED) is 0.408. The first-order chi connectivity index (χ1) is 16.2. The van der Waals surface area contributed by atoms with Crippen molar-refractivity contribution in [3.8, 4) is 11.5 Å². The van der Waals surface area contributed by atoms with E-state index in [0.717, 1.165) is 16.0 Å². The van der Waals surface area contributed by atoms with Crippen LogP contribution in [0.2, 0.25) is 5.02 Å². The Labute approximate surface area is 205 Å². The molecule has 10 heteroatoms. The average molecular weight is 503 g/mol. The second-order valence-corrected chi connectivity index (χ2v) is 9.55. The second-order valence-electron chi connectivity index (χ2n) is 8.15. The smallest absolute Gasteiger partial charge is 0.355 e. The van der Waals surface area contributed by atoms with E-state index in [1.165, 1.54) is 16.0 Å². The summed E-state index contributed by atoms with van der Waals surface area (Å²) in [6.07, 6.45) is 0.762. The van der Waals surface area contributed by atoms with Crippen LogP contribution in [0, 0.1) is 0 Å². The number of ether oxygens (including phenoxy) is 2. The Bertz CT molecular complexity index is 1240. The fourth-order valence-corrected chi connectivity index (χ4v) is 4.80. The molecule has 0 saturated heterocycles. The zero-order valence-corrected chi connectivity index (χ0v) is 20.2. The summed E-state index contributed by atoms with van der Waals surface area (Å²) in [6, 6.07) is 10.8. The highest BCUT2D eigenvalue weighted by molar-refractivity contribution is 7.97. The van der Waals surface area contributed by atoms with Gasteiger partial charge in [0.15, 0.2) is 17.2 Å². The third-order valence-corrected chi connectivity index (χ3v) is 6.66. The number of carboxylic acid groups (broad SMARTS) is 2. The number of hydrogen-bond donors (Lipinski definition) is 2. The molecular formula is C24H23ClN2O6S. The third-order valence-electron chi connectivity index (χ3n) is 5.39. The van der Waals surface area contributed by atoms with Gasteiger partial charge in [0.05, 0.1) is 5.69 Å². The maximum Gasteiger partial charge on any atom is 0.355 e. The van der Waals surface area contributed by atoms with Gasteiger partial charge in [-0.3, -0.25) is 4.79 Å². The van der Waals surface area contributed by atoms with Crippen molar-refractivity contribution in [2.24, 2.45) is 0 Å². The van der Waals surface area contributed by atoms with E-state index in [-0.39, 0.29) is 31.2 Å². The summed E-state index contributed by atoms with van der Waals surface area (Å²) in [6.45, 7) is 4.05. The van der Waals surface area contributed by atoms with E-state index in [1.54, 1.807) is 12.1 Å². The Kier molecular flexibility index (Phi) is 7.04. The van der Waals surface area contributed by atoms with Crippen molar-refractivity contribution >= 4 is 35.5 Å². The van der Waals surface area contributed by atoms with E-state index >= 15 is 0 Å². The molecule has 1 aromatic heterocycles. The lowest BCUT2D eigenvalue weighted by atomic mass is 9.97. The van der Waals surface area contributed by atoms with Crippen LogP contribution in [-0.2, 0) is 17.6 Å². The van der Waals surface area contributed by atoms with Gasteiger partial charge < -0.3 is 19.7 Å². The van der Waals surface area contributed by atoms with Crippen molar-refractivity contribution in [2.75, 3.05) is 6.79 Å². The first-order valence-corrected chi connectivity index (χ1v) is 11.8. The molecule has 0 amide bonds. The molecule has 2 N–H and O–H groups in total. The molecule has 0 radical (unpaired) electrons. The Morgan fingerprint density at radius 3 is 2.44 bits per heavy atom. The van der Waals surface area contributed by atoms with Gasteiger partial charge in [-0.05, 0) is 41.7 Å². The number of aryl methyl sites for hydroxylation is 1. The first-order valence-electron chi connectivity index (χ1n) is 10.6. The third kappa shape index (κ3) is 5.15. The molecule has 1 aliphatic rings. The van der Waals surface area contributed by atoms with Crippen LogP contribution in [0.1, 0.15) is 59.1 Å². The van der Waals surface area contributed by atoms with Gasteiger partial charge in [-0.2, -0.15) is 9.19 Å². The molecule has 0 bridgehead atoms. The average Bonchev–Trinajstić information content (AvgIpc) is 3.37. The zero-order chi connectivity index (χ0) is 24.4. The number of halogens is 1. The van der Waals surface area contributed by atoms with E-state index in [2.05, 4.69) is 5.10 Å². The summed E-state index contributed by atoms with van der Waals surface area (Å²) >= 11 is 7.66. The van der Waals surface area contributed by atoms with E-state index in [9.17, 15) is 14.7 Å². The second kappa shape index (κ2) is 9.99. The summed E-state index contributed by atoms with van der Waals surface area (Å²) in [5.74, 6) is -0.808. The van der Waals surface area contributed by atoms with Crippen LogP contribution < -0.4 is 9.47 Å². The molecule has 2 aromatic carbocycles. The molecule has 34 heavy (non-hydrogen) atoms. The van der Waals surface area contributed by atoms with Gasteiger partial charge in [0.2, 0.25) is 6.79 Å². The highest BCUT2D eigenvalue weighted by Gasteiger charge is 2.27. The van der Waals surface area contributed by atoms with Crippen molar-refractivity contribution in [3.63, 3.8) is 0 Å². The van der Waals surface area contributed by atoms with Gasteiger partial charge in [0.1, 0.15) is 0 Å². The van der Waals surface area contributed by atoms with Crippen LogP contribution in [0.5, 0.6) is 11.5 Å². The summed E-state index contributed by atoms with van der Waals surface area (Å²) in [5, 5.41) is 24.0. The number of carboxylic acids is 2. The monoisotopic (exact) mass is 502 g/mol. The summed E-state index contributed by atoms with van der Waals surface area (Å²) in [5.41, 5.74) is 2.97. The number of benzene rings is 2. The zero-order valence-electron chi connectivity index (χ0n) is 18.6. The van der Waals surface area contributed by atoms with Crippen molar-refractivity contribution in [3.05, 3.63) is 69.5 Å². The number of carbonyl (C=O) groups is 2. The molecule has 178 valence electrons. The summed E-state index contributed by atoms with van der Waals surface area (Å²) < 4.78 is 12.3. The fourth-order valence-electron chi connectivity index (χ4n) is 3.71. The van der Waals surface area contributed by atoms with Gasteiger partial charge in [-0.25, -0.2) is 4.79 Å². The van der Waals surface area contributed by atoms with Gasteiger partial charge in [0.25, 0.3) is 0 Å². The normalized spacial score (nSPS) is 12.4. The van der Waals surface area contributed by atoms with Crippen molar-refractivity contribution in [1.82, 2.24) is 9.19 Å².